The molecule has 0 unspecified atom stereocenters. The molecule has 158 valence electrons. The van der Waals surface area contributed by atoms with Crippen LogP contribution in [0, 0.1) is 5.82 Å². The number of tetrazole rings is 1. The maximum Gasteiger partial charge on any atom is 0.193 e. The third-order valence-corrected chi connectivity index (χ3v) is 4.96. The van der Waals surface area contributed by atoms with Gasteiger partial charge in [-0.05, 0) is 58.6 Å². The highest BCUT2D eigenvalue weighted by Gasteiger charge is 2.12. The van der Waals surface area contributed by atoms with Crippen molar-refractivity contribution in [2.24, 2.45) is 0 Å². The van der Waals surface area contributed by atoms with E-state index in [0.717, 1.165) is 10.5 Å². The summed E-state index contributed by atoms with van der Waals surface area (Å²) in [6.45, 7) is 0. The van der Waals surface area contributed by atoms with E-state index >= 15 is 0 Å². The van der Waals surface area contributed by atoms with Crippen LogP contribution in [0.25, 0.3) is 11.4 Å². The van der Waals surface area contributed by atoms with E-state index in [2.05, 4.69) is 51.1 Å². The van der Waals surface area contributed by atoms with Crippen LogP contribution in [0.3, 0.4) is 0 Å². The number of nitrogens with one attached hydrogen (secondary N) is 3. The number of H-pyrrole nitrogens is 2. The average molecular weight is 448 g/mol. The topological polar surface area (TPSA) is 143 Å². The number of aromatic nitrogens is 9. The zero-order valence-corrected chi connectivity index (χ0v) is 16.9. The summed E-state index contributed by atoms with van der Waals surface area (Å²) in [5.74, 6) is 2.00. The lowest BCUT2D eigenvalue weighted by Gasteiger charge is -2.13. The van der Waals surface area contributed by atoms with Crippen molar-refractivity contribution in [2.75, 3.05) is 5.32 Å². The van der Waals surface area contributed by atoms with Gasteiger partial charge in [0, 0.05) is 28.9 Å². The summed E-state index contributed by atoms with van der Waals surface area (Å²) in [6.07, 6.45) is 4.78. The smallest absolute Gasteiger partial charge is 0.193 e. The van der Waals surface area contributed by atoms with E-state index < -0.39 is 0 Å². The predicted molar refractivity (Wildman–Crippen MR) is 112 cm³/mol. The van der Waals surface area contributed by atoms with Gasteiger partial charge in [0.25, 0.3) is 0 Å². The summed E-state index contributed by atoms with van der Waals surface area (Å²) in [6, 6.07) is 11.1. The average Bonchev–Trinajstić information content (AvgIpc) is 3.52. The van der Waals surface area contributed by atoms with E-state index in [0.29, 0.717) is 34.1 Å². The molecule has 0 aliphatic rings. The van der Waals surface area contributed by atoms with Crippen LogP contribution < -0.4 is 10.1 Å². The van der Waals surface area contributed by atoms with Gasteiger partial charge in [-0.1, -0.05) is 0 Å². The van der Waals surface area contributed by atoms with Crippen LogP contribution in [0.5, 0.6) is 11.5 Å². The zero-order valence-electron chi connectivity index (χ0n) is 16.1. The predicted octanol–water partition coefficient (Wildman–Crippen LogP) is 3.60. The molecule has 32 heavy (non-hydrogen) atoms. The molecule has 0 bridgehead atoms. The van der Waals surface area contributed by atoms with E-state index in [4.69, 9.17) is 4.74 Å². The first-order valence-corrected chi connectivity index (χ1v) is 9.99. The lowest BCUT2D eigenvalue weighted by atomic mass is 10.2. The number of nitrogens with zero attached hydrogens (tertiary/aromatic N) is 7. The first kappa shape index (κ1) is 19.6. The number of pyridine rings is 2. The molecule has 0 aliphatic carbocycles. The van der Waals surface area contributed by atoms with E-state index in [1.165, 1.54) is 42.4 Å². The van der Waals surface area contributed by atoms with Crippen LogP contribution in [0.4, 0.5) is 16.0 Å². The molecule has 0 saturated carbocycles. The third kappa shape index (κ3) is 4.52. The summed E-state index contributed by atoms with van der Waals surface area (Å²) in [5.41, 5.74) is 0.732. The monoisotopic (exact) mass is 448 g/mol. The van der Waals surface area contributed by atoms with Crippen molar-refractivity contribution in [2.45, 2.75) is 10.1 Å². The van der Waals surface area contributed by atoms with Crippen molar-refractivity contribution in [1.82, 2.24) is 45.8 Å². The minimum Gasteiger partial charge on any atom is -0.453 e. The van der Waals surface area contributed by atoms with Gasteiger partial charge in [-0.2, -0.15) is 0 Å². The Labute approximate surface area is 183 Å². The van der Waals surface area contributed by atoms with Crippen molar-refractivity contribution in [1.29, 1.82) is 0 Å². The normalized spacial score (nSPS) is 10.8. The Balaban J connectivity index is 1.42. The number of ether oxygens (including phenoxy) is 1. The minimum absolute atomic E-state index is 0.352. The van der Waals surface area contributed by atoms with Gasteiger partial charge in [0.2, 0.25) is 0 Å². The summed E-state index contributed by atoms with van der Waals surface area (Å²) in [7, 11) is 0. The molecular weight excluding hydrogens is 435 g/mol. The number of rotatable bonds is 7. The van der Waals surface area contributed by atoms with E-state index in [1.54, 1.807) is 24.5 Å². The Bertz CT molecular complexity index is 1300. The molecule has 0 aliphatic heterocycles. The molecule has 1 aromatic carbocycles. The van der Waals surface area contributed by atoms with Crippen LogP contribution in [0.2, 0.25) is 0 Å². The summed E-state index contributed by atoms with van der Waals surface area (Å²) < 4.78 is 19.2. The number of hydrogen-bond donors (Lipinski definition) is 3. The van der Waals surface area contributed by atoms with Gasteiger partial charge in [0.1, 0.15) is 23.7 Å². The maximum atomic E-state index is 13.3. The van der Waals surface area contributed by atoms with Gasteiger partial charge in [-0.15, -0.1) is 15.3 Å². The first-order chi connectivity index (χ1) is 15.7. The number of aromatic amines is 2. The molecule has 0 spiro atoms. The second kappa shape index (κ2) is 8.77. The van der Waals surface area contributed by atoms with Crippen molar-refractivity contribution >= 4 is 23.4 Å². The molecule has 0 saturated heterocycles. The van der Waals surface area contributed by atoms with Crippen molar-refractivity contribution in [3.8, 4) is 22.9 Å². The van der Waals surface area contributed by atoms with Gasteiger partial charge in [0.15, 0.2) is 22.5 Å². The molecular formula is C19H13FN10OS. The number of benzene rings is 1. The Morgan fingerprint density at radius 1 is 1.00 bits per heavy atom. The summed E-state index contributed by atoms with van der Waals surface area (Å²) >= 11 is 1.34. The molecule has 0 radical (unpaired) electrons. The molecule has 0 atom stereocenters. The Morgan fingerprint density at radius 3 is 2.62 bits per heavy atom. The highest BCUT2D eigenvalue weighted by atomic mass is 32.2. The highest BCUT2D eigenvalue weighted by Crippen LogP contribution is 2.35. The van der Waals surface area contributed by atoms with Crippen molar-refractivity contribution < 1.29 is 9.13 Å². The van der Waals surface area contributed by atoms with Crippen LogP contribution in [-0.4, -0.2) is 45.8 Å². The van der Waals surface area contributed by atoms with Crippen LogP contribution >= 0.6 is 11.8 Å². The molecule has 4 heterocycles. The highest BCUT2D eigenvalue weighted by molar-refractivity contribution is 7.99. The van der Waals surface area contributed by atoms with Crippen molar-refractivity contribution in [3.05, 3.63) is 67.0 Å². The minimum atomic E-state index is -0.352. The number of hydrogen-bond acceptors (Lipinski definition) is 10. The molecule has 3 N–H and O–H groups in total. The lowest BCUT2D eigenvalue weighted by molar-refractivity contribution is 0.479. The van der Waals surface area contributed by atoms with Gasteiger partial charge < -0.3 is 15.0 Å². The second-order valence-electron chi connectivity index (χ2n) is 6.28. The SMILES string of the molecule is Fc1ccc(Oc2cc(Sc3nnc[nH]3)cnc2Nc2ccc(-c3nnn[nH]3)cn2)cc1. The van der Waals surface area contributed by atoms with Gasteiger partial charge >= 0.3 is 0 Å². The Hall–Kier alpha value is -4.39. The number of anilines is 2. The zero-order chi connectivity index (χ0) is 21.8. The quantitative estimate of drug-likeness (QED) is 0.338. The van der Waals surface area contributed by atoms with Crippen LogP contribution in [0.1, 0.15) is 0 Å². The van der Waals surface area contributed by atoms with Crippen LogP contribution in [0.15, 0.2) is 71.2 Å². The van der Waals surface area contributed by atoms with Gasteiger partial charge in [-0.25, -0.2) is 19.5 Å². The second-order valence-corrected chi connectivity index (χ2v) is 7.34. The molecule has 4 aromatic heterocycles. The summed E-state index contributed by atoms with van der Waals surface area (Å²) in [4.78, 5) is 12.5. The van der Waals surface area contributed by atoms with E-state index in [-0.39, 0.29) is 5.82 Å². The lowest BCUT2D eigenvalue weighted by Crippen LogP contribution is -2.00. The molecule has 5 rings (SSSR count). The Morgan fingerprint density at radius 2 is 1.91 bits per heavy atom. The fourth-order valence-corrected chi connectivity index (χ4v) is 3.34. The first-order valence-electron chi connectivity index (χ1n) is 9.17. The van der Waals surface area contributed by atoms with Gasteiger partial charge in [0.05, 0.1) is 0 Å². The molecule has 5 aromatic rings. The van der Waals surface area contributed by atoms with Crippen molar-refractivity contribution in [3.63, 3.8) is 0 Å². The molecule has 0 amide bonds. The number of halogens is 1. The van der Waals surface area contributed by atoms with E-state index in [9.17, 15) is 4.39 Å². The van der Waals surface area contributed by atoms with E-state index in [1.807, 2.05) is 6.07 Å². The third-order valence-electron chi connectivity index (χ3n) is 4.11. The van der Waals surface area contributed by atoms with Gasteiger partial charge in [-0.3, -0.25) is 0 Å². The standard InChI is InChI=1S/C19H13FN10OS/c20-12-2-4-13(5-3-12)31-15-7-14(32-19-23-10-24-28-19)9-22-18(15)25-16-6-1-11(8-21-16)17-26-29-30-27-17/h1-10H,(H,21,22,25)(H,23,24,28)(H,26,27,29,30). The summed E-state index contributed by atoms with van der Waals surface area (Å²) in [5, 5.41) is 25.1. The molecule has 0 fully saturated rings. The fraction of sp³-hybridized carbons (Fsp3) is 0. The maximum absolute atomic E-state index is 13.3. The molecule has 13 heteroatoms. The largest absolute Gasteiger partial charge is 0.453 e. The van der Waals surface area contributed by atoms with Crippen LogP contribution in [-0.2, 0) is 0 Å². The molecule has 11 nitrogen and oxygen atoms in total. The fourth-order valence-electron chi connectivity index (χ4n) is 2.65. The Kier molecular flexibility index (Phi) is 5.36.